The van der Waals surface area contributed by atoms with E-state index in [0.29, 0.717) is 0 Å². The lowest BCUT2D eigenvalue weighted by Crippen LogP contribution is -2.07. The van der Waals surface area contributed by atoms with Crippen LogP contribution in [0.3, 0.4) is 0 Å². The third kappa shape index (κ3) is 1.94. The lowest BCUT2D eigenvalue weighted by Gasteiger charge is -2.11. The molecule has 0 bridgehead atoms. The number of rotatable bonds is 2. The second kappa shape index (κ2) is 3.89. The van der Waals surface area contributed by atoms with E-state index in [-0.39, 0.29) is 6.10 Å². The zero-order valence-corrected chi connectivity index (χ0v) is 9.32. The van der Waals surface area contributed by atoms with Gasteiger partial charge < -0.3 is 4.74 Å². The number of ether oxygens (including phenoxy) is 1. The summed E-state index contributed by atoms with van der Waals surface area (Å²) >= 11 is 0. The van der Waals surface area contributed by atoms with Crippen LogP contribution in [0.2, 0.25) is 0 Å². The number of pyridine rings is 1. The Labute approximate surface area is 89.9 Å². The molecule has 78 valence electrons. The largest absolute Gasteiger partial charge is 0.475 e. The van der Waals surface area contributed by atoms with Crippen molar-refractivity contribution in [3.8, 4) is 5.88 Å². The van der Waals surface area contributed by atoms with Crippen LogP contribution in [0.5, 0.6) is 5.88 Å². The van der Waals surface area contributed by atoms with Gasteiger partial charge in [0.25, 0.3) is 0 Å². The summed E-state index contributed by atoms with van der Waals surface area (Å²) < 4.78 is 5.67. The minimum Gasteiger partial charge on any atom is -0.475 e. The molecule has 0 aliphatic rings. The first-order valence-corrected chi connectivity index (χ1v) is 5.19. The molecule has 2 aromatic rings. The molecule has 0 saturated heterocycles. The minimum atomic E-state index is 0.156. The SMILES string of the molecule is Cc1cccc2c(OC(C)C)nccc12. The number of fused-ring (bicyclic) bond motifs is 1. The van der Waals surface area contributed by atoms with Crippen LogP contribution < -0.4 is 4.74 Å². The molecule has 2 rings (SSSR count). The average molecular weight is 201 g/mol. The monoisotopic (exact) mass is 201 g/mol. The number of hydrogen-bond acceptors (Lipinski definition) is 2. The van der Waals surface area contributed by atoms with Gasteiger partial charge in [-0.1, -0.05) is 12.1 Å². The summed E-state index contributed by atoms with van der Waals surface area (Å²) in [6.45, 7) is 6.12. The summed E-state index contributed by atoms with van der Waals surface area (Å²) in [5.41, 5.74) is 1.25. The maximum atomic E-state index is 5.67. The van der Waals surface area contributed by atoms with Crippen molar-refractivity contribution in [2.75, 3.05) is 0 Å². The third-order valence-electron chi connectivity index (χ3n) is 2.33. The summed E-state index contributed by atoms with van der Waals surface area (Å²) in [4.78, 5) is 4.27. The van der Waals surface area contributed by atoms with Gasteiger partial charge in [-0.15, -0.1) is 0 Å². The van der Waals surface area contributed by atoms with E-state index in [1.165, 1.54) is 10.9 Å². The zero-order valence-electron chi connectivity index (χ0n) is 9.32. The molecule has 1 heterocycles. The van der Waals surface area contributed by atoms with Gasteiger partial charge >= 0.3 is 0 Å². The normalized spacial score (nSPS) is 10.9. The van der Waals surface area contributed by atoms with Crippen molar-refractivity contribution in [1.82, 2.24) is 4.98 Å². The van der Waals surface area contributed by atoms with Crippen LogP contribution in [-0.2, 0) is 0 Å². The predicted molar refractivity (Wildman–Crippen MR) is 62.2 cm³/mol. The Hall–Kier alpha value is -1.57. The van der Waals surface area contributed by atoms with Crippen molar-refractivity contribution in [3.05, 3.63) is 36.0 Å². The molecule has 0 aliphatic heterocycles. The second-order valence-electron chi connectivity index (χ2n) is 3.95. The van der Waals surface area contributed by atoms with Gasteiger partial charge in [-0.05, 0) is 43.9 Å². The molecular weight excluding hydrogens is 186 g/mol. The number of nitrogens with zero attached hydrogens (tertiary/aromatic N) is 1. The Morgan fingerprint density at radius 2 is 1.93 bits per heavy atom. The fourth-order valence-electron chi connectivity index (χ4n) is 1.65. The minimum absolute atomic E-state index is 0.156. The predicted octanol–water partition coefficient (Wildman–Crippen LogP) is 3.33. The van der Waals surface area contributed by atoms with E-state index >= 15 is 0 Å². The number of benzene rings is 1. The first-order chi connectivity index (χ1) is 7.18. The second-order valence-corrected chi connectivity index (χ2v) is 3.95. The number of aromatic nitrogens is 1. The molecule has 0 N–H and O–H groups in total. The number of hydrogen-bond donors (Lipinski definition) is 0. The summed E-state index contributed by atoms with van der Waals surface area (Å²) in [7, 11) is 0. The molecule has 15 heavy (non-hydrogen) atoms. The molecule has 0 amide bonds. The Morgan fingerprint density at radius 3 is 2.67 bits per heavy atom. The fourth-order valence-corrected chi connectivity index (χ4v) is 1.65. The summed E-state index contributed by atoms with van der Waals surface area (Å²) in [6.07, 6.45) is 1.95. The van der Waals surface area contributed by atoms with Crippen molar-refractivity contribution in [2.24, 2.45) is 0 Å². The molecule has 0 atom stereocenters. The highest BCUT2D eigenvalue weighted by molar-refractivity contribution is 5.89. The van der Waals surface area contributed by atoms with Crippen molar-refractivity contribution in [2.45, 2.75) is 26.9 Å². The van der Waals surface area contributed by atoms with Crippen LogP contribution in [0.4, 0.5) is 0 Å². The molecule has 2 nitrogen and oxygen atoms in total. The molecule has 0 radical (unpaired) electrons. The Balaban J connectivity index is 2.61. The van der Waals surface area contributed by atoms with Gasteiger partial charge in [0.05, 0.1) is 6.10 Å². The molecule has 2 heteroatoms. The molecule has 0 fully saturated rings. The maximum Gasteiger partial charge on any atom is 0.221 e. The van der Waals surface area contributed by atoms with Gasteiger partial charge in [-0.2, -0.15) is 0 Å². The van der Waals surface area contributed by atoms with E-state index in [1.807, 2.05) is 32.0 Å². The zero-order chi connectivity index (χ0) is 10.8. The van der Waals surface area contributed by atoms with E-state index in [0.717, 1.165) is 11.3 Å². The van der Waals surface area contributed by atoms with Gasteiger partial charge in [0.15, 0.2) is 0 Å². The third-order valence-corrected chi connectivity index (χ3v) is 2.33. The quantitative estimate of drug-likeness (QED) is 0.743. The van der Waals surface area contributed by atoms with E-state index in [1.54, 1.807) is 6.20 Å². The highest BCUT2D eigenvalue weighted by Crippen LogP contribution is 2.25. The summed E-state index contributed by atoms with van der Waals surface area (Å²) in [6, 6.07) is 8.21. The smallest absolute Gasteiger partial charge is 0.221 e. The maximum absolute atomic E-state index is 5.67. The van der Waals surface area contributed by atoms with Gasteiger partial charge in [0.2, 0.25) is 5.88 Å². The molecule has 0 unspecified atom stereocenters. The highest BCUT2D eigenvalue weighted by atomic mass is 16.5. The van der Waals surface area contributed by atoms with Crippen molar-refractivity contribution >= 4 is 10.8 Å². The standard InChI is InChI=1S/C13H15NO/c1-9(2)15-13-12-6-4-5-10(3)11(12)7-8-14-13/h4-9H,1-3H3. The molecule has 0 spiro atoms. The van der Waals surface area contributed by atoms with Crippen molar-refractivity contribution < 1.29 is 4.74 Å². The first-order valence-electron chi connectivity index (χ1n) is 5.19. The van der Waals surface area contributed by atoms with Crippen LogP contribution in [0.15, 0.2) is 30.5 Å². The molecule has 1 aromatic heterocycles. The van der Waals surface area contributed by atoms with E-state index < -0.39 is 0 Å². The molecular formula is C13H15NO. The summed E-state index contributed by atoms with van der Waals surface area (Å²) in [5, 5.41) is 2.30. The van der Waals surface area contributed by atoms with Gasteiger partial charge in [-0.25, -0.2) is 4.98 Å². The molecule has 0 aliphatic carbocycles. The van der Waals surface area contributed by atoms with E-state index in [2.05, 4.69) is 18.0 Å². The van der Waals surface area contributed by atoms with Crippen molar-refractivity contribution in [1.29, 1.82) is 0 Å². The Kier molecular flexibility index (Phi) is 2.58. The summed E-state index contributed by atoms with van der Waals surface area (Å²) in [5.74, 6) is 0.728. The van der Waals surface area contributed by atoms with E-state index in [4.69, 9.17) is 4.74 Å². The molecule has 1 aromatic carbocycles. The Morgan fingerprint density at radius 1 is 1.13 bits per heavy atom. The van der Waals surface area contributed by atoms with Gasteiger partial charge in [0.1, 0.15) is 0 Å². The van der Waals surface area contributed by atoms with Crippen LogP contribution in [0.25, 0.3) is 10.8 Å². The average Bonchev–Trinajstić information content (AvgIpc) is 2.19. The lowest BCUT2D eigenvalue weighted by atomic mass is 10.1. The van der Waals surface area contributed by atoms with E-state index in [9.17, 15) is 0 Å². The first kappa shape index (κ1) is 9.97. The van der Waals surface area contributed by atoms with Crippen LogP contribution in [-0.4, -0.2) is 11.1 Å². The Bertz CT molecular complexity index is 477. The highest BCUT2D eigenvalue weighted by Gasteiger charge is 2.05. The van der Waals surface area contributed by atoms with Crippen LogP contribution in [0.1, 0.15) is 19.4 Å². The topological polar surface area (TPSA) is 22.1 Å². The lowest BCUT2D eigenvalue weighted by molar-refractivity contribution is 0.236. The molecule has 0 saturated carbocycles. The number of aryl methyl sites for hydroxylation is 1. The van der Waals surface area contributed by atoms with Crippen LogP contribution >= 0.6 is 0 Å². The van der Waals surface area contributed by atoms with Gasteiger partial charge in [0, 0.05) is 11.6 Å². The van der Waals surface area contributed by atoms with Crippen molar-refractivity contribution in [3.63, 3.8) is 0 Å². The van der Waals surface area contributed by atoms with Crippen LogP contribution in [0, 0.1) is 6.92 Å². The van der Waals surface area contributed by atoms with Gasteiger partial charge in [-0.3, -0.25) is 0 Å². The fraction of sp³-hybridized carbons (Fsp3) is 0.308.